The Hall–Kier alpha value is -3.93. The molecule has 1 atom stereocenters. The molecule has 0 saturated carbocycles. The Morgan fingerprint density at radius 3 is 2.80 bits per heavy atom. The van der Waals surface area contributed by atoms with Crippen molar-refractivity contribution in [2.24, 2.45) is 5.41 Å². The number of nitrogens with zero attached hydrogens (tertiary/aromatic N) is 3. The van der Waals surface area contributed by atoms with Gasteiger partial charge in [-0.1, -0.05) is 6.08 Å². The molecule has 0 radical (unpaired) electrons. The van der Waals surface area contributed by atoms with E-state index in [-0.39, 0.29) is 24.4 Å². The molecular weight excluding hydrogens is 388 g/mol. The second-order valence-corrected chi connectivity index (χ2v) is 7.54. The van der Waals surface area contributed by atoms with Crippen LogP contribution in [0.4, 0.5) is 0 Å². The van der Waals surface area contributed by atoms with Crippen molar-refractivity contribution in [3.8, 4) is 17.6 Å². The lowest BCUT2D eigenvalue weighted by Gasteiger charge is -2.25. The molecule has 2 aromatic heterocycles. The van der Waals surface area contributed by atoms with Crippen molar-refractivity contribution in [3.05, 3.63) is 46.9 Å². The van der Waals surface area contributed by atoms with Crippen LogP contribution in [-0.4, -0.2) is 44.2 Å². The highest BCUT2D eigenvalue weighted by atomic mass is 16.5. The number of hydrogen-bond acceptors (Lipinski definition) is 7. The van der Waals surface area contributed by atoms with Crippen LogP contribution in [0.1, 0.15) is 30.8 Å². The molecule has 0 fully saturated rings. The van der Waals surface area contributed by atoms with E-state index < -0.39 is 22.9 Å². The van der Waals surface area contributed by atoms with Gasteiger partial charge in [0.25, 0.3) is 5.91 Å². The standard InChI is InChI=1S/C21H20N4O5/c1-20(2,19(28)29)12-25-18(27)16-17(26)15-5-6-21(11-22,8-13(15)9-24-16)30-14-4-3-7-23-10-14/h3-5,7-10,26H,6,12H2,1-2H3,(H,25,27)(H,28,29). The number of hydrogen-bond donors (Lipinski definition) is 3. The number of rotatable bonds is 6. The van der Waals surface area contributed by atoms with E-state index in [2.05, 4.69) is 21.4 Å². The van der Waals surface area contributed by atoms with Gasteiger partial charge >= 0.3 is 5.97 Å². The maximum Gasteiger partial charge on any atom is 0.310 e. The Balaban J connectivity index is 1.90. The number of fused-ring (bicyclic) bond motifs is 1. The van der Waals surface area contributed by atoms with Crippen LogP contribution < -0.4 is 20.5 Å². The van der Waals surface area contributed by atoms with Gasteiger partial charge in [0, 0.05) is 35.8 Å². The van der Waals surface area contributed by atoms with Gasteiger partial charge in [0.15, 0.2) is 11.4 Å². The highest BCUT2D eigenvalue weighted by molar-refractivity contribution is 5.95. The lowest BCUT2D eigenvalue weighted by Crippen LogP contribution is -2.43. The molecule has 0 bridgehead atoms. The zero-order chi connectivity index (χ0) is 21.9. The molecule has 1 unspecified atom stereocenters. The molecule has 0 spiro atoms. The Kier molecular flexibility index (Phi) is 5.43. The zero-order valence-corrected chi connectivity index (χ0v) is 16.4. The summed E-state index contributed by atoms with van der Waals surface area (Å²) in [4.78, 5) is 31.6. The summed E-state index contributed by atoms with van der Waals surface area (Å²) < 4.78 is 5.81. The number of amides is 1. The molecule has 1 aliphatic carbocycles. The van der Waals surface area contributed by atoms with Crippen LogP contribution in [0.5, 0.6) is 11.5 Å². The average molecular weight is 408 g/mol. The van der Waals surface area contributed by atoms with Gasteiger partial charge in [0.1, 0.15) is 11.8 Å². The summed E-state index contributed by atoms with van der Waals surface area (Å²) in [5.41, 5.74) is -2.70. The van der Waals surface area contributed by atoms with Crippen molar-refractivity contribution in [1.82, 2.24) is 15.3 Å². The summed E-state index contributed by atoms with van der Waals surface area (Å²) >= 11 is 0. The predicted octanol–water partition coefficient (Wildman–Crippen LogP) is 0.329. The zero-order valence-electron chi connectivity index (χ0n) is 16.4. The average Bonchev–Trinajstić information content (AvgIpc) is 2.73. The summed E-state index contributed by atoms with van der Waals surface area (Å²) in [5, 5.41) is 32.7. The first-order valence-electron chi connectivity index (χ1n) is 9.10. The predicted molar refractivity (Wildman–Crippen MR) is 106 cm³/mol. The molecule has 3 N–H and O–H groups in total. The van der Waals surface area contributed by atoms with Crippen LogP contribution >= 0.6 is 0 Å². The maximum atomic E-state index is 12.4. The molecule has 9 heteroatoms. The van der Waals surface area contributed by atoms with Crippen molar-refractivity contribution in [2.75, 3.05) is 6.54 Å². The minimum atomic E-state index is -1.31. The minimum Gasteiger partial charge on any atom is -0.505 e. The van der Waals surface area contributed by atoms with Crippen LogP contribution in [-0.2, 0) is 4.79 Å². The number of nitriles is 1. The normalized spacial score (nSPS) is 17.5. The summed E-state index contributed by atoms with van der Waals surface area (Å²) in [6, 6.07) is 5.49. The molecule has 3 rings (SSSR count). The molecule has 9 nitrogen and oxygen atoms in total. The van der Waals surface area contributed by atoms with Gasteiger partial charge in [-0.05, 0) is 32.1 Å². The minimum absolute atomic E-state index is 0.133. The fraction of sp³-hybridized carbons (Fsp3) is 0.286. The van der Waals surface area contributed by atoms with E-state index in [9.17, 15) is 20.0 Å². The Labute approximate surface area is 172 Å². The first-order chi connectivity index (χ1) is 14.2. The van der Waals surface area contributed by atoms with E-state index in [0.717, 1.165) is 0 Å². The number of carbonyl (C=O) groups excluding carboxylic acids is 1. The molecule has 154 valence electrons. The van der Waals surface area contributed by atoms with Crippen molar-refractivity contribution < 1.29 is 24.5 Å². The van der Waals surface area contributed by atoms with Crippen LogP contribution in [0.25, 0.3) is 12.2 Å². The van der Waals surface area contributed by atoms with Gasteiger partial charge in [0.2, 0.25) is 5.60 Å². The highest BCUT2D eigenvalue weighted by Crippen LogP contribution is 2.24. The first-order valence-corrected chi connectivity index (χ1v) is 9.10. The van der Waals surface area contributed by atoms with Gasteiger partial charge in [-0.25, -0.2) is 4.98 Å². The van der Waals surface area contributed by atoms with E-state index >= 15 is 0 Å². The van der Waals surface area contributed by atoms with Crippen LogP contribution in [0.2, 0.25) is 0 Å². The Bertz CT molecular complexity index is 1150. The number of nitrogens with one attached hydrogen (secondary N) is 1. The van der Waals surface area contributed by atoms with Crippen LogP contribution in [0.3, 0.4) is 0 Å². The molecule has 30 heavy (non-hydrogen) atoms. The second kappa shape index (κ2) is 7.83. The highest BCUT2D eigenvalue weighted by Gasteiger charge is 2.32. The molecule has 0 aromatic carbocycles. The number of pyridine rings is 2. The van der Waals surface area contributed by atoms with Crippen molar-refractivity contribution in [2.45, 2.75) is 25.9 Å². The molecule has 0 aliphatic heterocycles. The third-order valence-corrected chi connectivity index (χ3v) is 4.73. The molecule has 2 heterocycles. The number of carbonyl (C=O) groups is 2. The summed E-state index contributed by atoms with van der Waals surface area (Å²) in [6.45, 7) is 2.82. The molecule has 1 amide bonds. The Morgan fingerprint density at radius 2 is 2.17 bits per heavy atom. The lowest BCUT2D eigenvalue weighted by molar-refractivity contribution is -0.146. The lowest BCUT2D eigenvalue weighted by atomic mass is 9.93. The fourth-order valence-corrected chi connectivity index (χ4v) is 2.84. The van der Waals surface area contributed by atoms with E-state index in [1.54, 1.807) is 24.4 Å². The monoisotopic (exact) mass is 408 g/mol. The number of aromatic hydroxyl groups is 1. The van der Waals surface area contributed by atoms with Crippen LogP contribution in [0.15, 0.2) is 30.7 Å². The fourth-order valence-electron chi connectivity index (χ4n) is 2.84. The third-order valence-electron chi connectivity index (χ3n) is 4.73. The van der Waals surface area contributed by atoms with Crippen molar-refractivity contribution in [1.29, 1.82) is 5.26 Å². The molecule has 2 aromatic rings. The van der Waals surface area contributed by atoms with Gasteiger partial charge in [-0.3, -0.25) is 14.6 Å². The van der Waals surface area contributed by atoms with E-state index in [0.29, 0.717) is 16.2 Å². The SMILES string of the molecule is CC(C)(CNC(=O)c1ncc2c(c1O)=CCC(C#N)(Oc1cccnc1)C=2)C(=O)O. The summed E-state index contributed by atoms with van der Waals surface area (Å²) in [7, 11) is 0. The van der Waals surface area contributed by atoms with Gasteiger partial charge in [0.05, 0.1) is 11.6 Å². The van der Waals surface area contributed by atoms with Crippen molar-refractivity contribution >= 4 is 24.0 Å². The molecule has 0 saturated heterocycles. The quantitative estimate of drug-likeness (QED) is 0.620. The largest absolute Gasteiger partial charge is 0.505 e. The van der Waals surface area contributed by atoms with Gasteiger partial charge < -0.3 is 20.3 Å². The summed E-state index contributed by atoms with van der Waals surface area (Å²) in [6.07, 6.45) is 7.71. The molecular formula is C21H20N4O5. The number of aliphatic carboxylic acids is 1. The van der Waals surface area contributed by atoms with E-state index in [4.69, 9.17) is 9.84 Å². The van der Waals surface area contributed by atoms with E-state index in [1.807, 2.05) is 0 Å². The van der Waals surface area contributed by atoms with Crippen molar-refractivity contribution in [3.63, 3.8) is 0 Å². The topological polar surface area (TPSA) is 145 Å². The third kappa shape index (κ3) is 4.07. The number of ether oxygens (including phenoxy) is 1. The molecule has 1 aliphatic rings. The van der Waals surface area contributed by atoms with Gasteiger partial charge in [-0.15, -0.1) is 0 Å². The number of carboxylic acids is 1. The number of aromatic nitrogens is 2. The summed E-state index contributed by atoms with van der Waals surface area (Å²) in [5.74, 6) is -1.68. The maximum absolute atomic E-state index is 12.4. The van der Waals surface area contributed by atoms with Gasteiger partial charge in [-0.2, -0.15) is 5.26 Å². The van der Waals surface area contributed by atoms with E-state index in [1.165, 1.54) is 32.3 Å². The Morgan fingerprint density at radius 1 is 1.40 bits per heavy atom. The van der Waals surface area contributed by atoms with Crippen LogP contribution in [0, 0.1) is 16.7 Å². The smallest absolute Gasteiger partial charge is 0.310 e. The second-order valence-electron chi connectivity index (χ2n) is 7.54. The first kappa shape index (κ1) is 20.8. The number of carboxylic acid groups (broad SMARTS) is 1.